The number of halogens is 2. The Morgan fingerprint density at radius 1 is 0.800 bits per heavy atom. The molecule has 0 aliphatic carbocycles. The van der Waals surface area contributed by atoms with Crippen molar-refractivity contribution in [1.29, 1.82) is 0 Å². The van der Waals surface area contributed by atoms with E-state index in [1.807, 2.05) is 0 Å². The van der Waals surface area contributed by atoms with Crippen LogP contribution in [0.15, 0.2) is 9.59 Å². The maximum Gasteiger partial charge on any atom is 0.275 e. The smallest absolute Gasteiger partial charge is 0.275 e. The lowest BCUT2D eigenvalue weighted by Crippen LogP contribution is -2.28. The van der Waals surface area contributed by atoms with Gasteiger partial charge in [-0.3, -0.25) is 9.59 Å². The van der Waals surface area contributed by atoms with Crippen molar-refractivity contribution in [2.24, 2.45) is 0 Å². The first-order chi connectivity index (χ1) is 3.64. The molecular weight excluding hydrogens is 183 g/mol. The summed E-state index contributed by atoms with van der Waals surface area (Å²) in [6.45, 7) is 0. The molecule has 0 fully saturated rings. The van der Waals surface area contributed by atoms with Gasteiger partial charge in [0, 0.05) is 0 Å². The van der Waals surface area contributed by atoms with E-state index in [0.29, 0.717) is 0 Å². The first kappa shape index (κ1) is 12.0. The van der Waals surface area contributed by atoms with E-state index >= 15 is 0 Å². The Hall–Kier alpha value is -0.740. The Kier molecular flexibility index (Phi) is 4.12. The minimum atomic E-state index is -1.01. The molecule has 0 aromatic heterocycles. The summed E-state index contributed by atoms with van der Waals surface area (Å²) < 4.78 is 0. The molecule has 6 heteroatoms. The van der Waals surface area contributed by atoms with E-state index in [0.717, 1.165) is 0 Å². The number of aromatic hydroxyl groups is 2. The first-order valence-electron chi connectivity index (χ1n) is 1.86. The molecule has 0 heterocycles. The molecule has 0 saturated carbocycles. The SMILES string of the molecule is Cl.Cl.O=c1c(O)c(O)c1=O. The maximum absolute atomic E-state index is 9.95. The van der Waals surface area contributed by atoms with E-state index in [9.17, 15) is 9.59 Å². The van der Waals surface area contributed by atoms with E-state index in [1.54, 1.807) is 0 Å². The van der Waals surface area contributed by atoms with Crippen LogP contribution in [-0.4, -0.2) is 10.2 Å². The van der Waals surface area contributed by atoms with Crippen molar-refractivity contribution >= 4 is 24.8 Å². The molecule has 1 aromatic rings. The van der Waals surface area contributed by atoms with E-state index < -0.39 is 22.4 Å². The summed E-state index contributed by atoms with van der Waals surface area (Å²) in [5, 5.41) is 16.4. The molecule has 10 heavy (non-hydrogen) atoms. The van der Waals surface area contributed by atoms with Gasteiger partial charge in [0.2, 0.25) is 11.5 Å². The Morgan fingerprint density at radius 3 is 1.10 bits per heavy atom. The van der Waals surface area contributed by atoms with Crippen molar-refractivity contribution in [3.05, 3.63) is 20.4 Å². The fourth-order valence-electron chi connectivity index (χ4n) is 0.368. The third-order valence-corrected chi connectivity index (χ3v) is 0.861. The molecule has 0 saturated heterocycles. The largest absolute Gasteiger partial charge is 0.501 e. The molecular formula is C4H4Cl2O4. The van der Waals surface area contributed by atoms with Gasteiger partial charge in [0.25, 0.3) is 10.9 Å². The van der Waals surface area contributed by atoms with E-state index in [1.165, 1.54) is 0 Å². The molecule has 0 atom stereocenters. The van der Waals surface area contributed by atoms with Crippen LogP contribution in [-0.2, 0) is 0 Å². The lowest BCUT2D eigenvalue weighted by Gasteiger charge is -1.92. The van der Waals surface area contributed by atoms with Crippen molar-refractivity contribution in [2.45, 2.75) is 0 Å². The zero-order chi connectivity index (χ0) is 6.31. The van der Waals surface area contributed by atoms with E-state index in [2.05, 4.69) is 0 Å². The lowest BCUT2D eigenvalue weighted by molar-refractivity contribution is 0.384. The zero-order valence-electron chi connectivity index (χ0n) is 4.53. The molecule has 0 bridgehead atoms. The van der Waals surface area contributed by atoms with Crippen LogP contribution in [0.25, 0.3) is 0 Å². The highest BCUT2D eigenvalue weighted by atomic mass is 35.5. The van der Waals surface area contributed by atoms with Crippen LogP contribution in [0.5, 0.6) is 11.5 Å². The van der Waals surface area contributed by atoms with Crippen LogP contribution in [0.2, 0.25) is 0 Å². The molecule has 0 aliphatic rings. The van der Waals surface area contributed by atoms with Gasteiger partial charge >= 0.3 is 0 Å². The molecule has 0 radical (unpaired) electrons. The minimum Gasteiger partial charge on any atom is -0.501 e. The molecule has 0 aliphatic heterocycles. The average molecular weight is 187 g/mol. The lowest BCUT2D eigenvalue weighted by atomic mass is 10.2. The third kappa shape index (κ3) is 1.22. The summed E-state index contributed by atoms with van der Waals surface area (Å²) in [6, 6.07) is 0. The summed E-state index contributed by atoms with van der Waals surface area (Å²) in [7, 11) is 0. The van der Waals surface area contributed by atoms with Crippen LogP contribution < -0.4 is 10.9 Å². The fraction of sp³-hybridized carbons (Fsp3) is 0. The minimum absolute atomic E-state index is 0. The second-order valence-corrected chi connectivity index (χ2v) is 1.36. The molecule has 0 amide bonds. The highest BCUT2D eigenvalue weighted by molar-refractivity contribution is 5.85. The fourth-order valence-corrected chi connectivity index (χ4v) is 0.368. The van der Waals surface area contributed by atoms with E-state index in [-0.39, 0.29) is 24.8 Å². The van der Waals surface area contributed by atoms with Crippen LogP contribution in [0.4, 0.5) is 0 Å². The summed E-state index contributed by atoms with van der Waals surface area (Å²) in [4.78, 5) is 19.9. The summed E-state index contributed by atoms with van der Waals surface area (Å²) in [6.07, 6.45) is 0. The summed E-state index contributed by atoms with van der Waals surface area (Å²) >= 11 is 0. The molecule has 0 spiro atoms. The van der Waals surface area contributed by atoms with Gasteiger partial charge in [0.15, 0.2) is 0 Å². The maximum atomic E-state index is 9.95. The quantitative estimate of drug-likeness (QED) is 0.538. The van der Waals surface area contributed by atoms with Crippen molar-refractivity contribution < 1.29 is 10.2 Å². The monoisotopic (exact) mass is 186 g/mol. The molecule has 2 N–H and O–H groups in total. The van der Waals surface area contributed by atoms with Gasteiger partial charge in [0.05, 0.1) is 0 Å². The highest BCUT2D eigenvalue weighted by Crippen LogP contribution is 2.13. The third-order valence-electron chi connectivity index (χ3n) is 0.861. The van der Waals surface area contributed by atoms with Gasteiger partial charge in [-0.05, 0) is 0 Å². The second-order valence-electron chi connectivity index (χ2n) is 1.36. The molecule has 58 valence electrons. The second kappa shape index (κ2) is 3.43. The van der Waals surface area contributed by atoms with Crippen molar-refractivity contribution in [1.82, 2.24) is 0 Å². The summed E-state index contributed by atoms with van der Waals surface area (Å²) in [5.41, 5.74) is -2.02. The van der Waals surface area contributed by atoms with Gasteiger partial charge in [0.1, 0.15) is 0 Å². The Labute approximate surface area is 67.6 Å². The highest BCUT2D eigenvalue weighted by Gasteiger charge is 2.17. The van der Waals surface area contributed by atoms with Gasteiger partial charge in [-0.1, -0.05) is 0 Å². The van der Waals surface area contributed by atoms with Gasteiger partial charge in [-0.15, -0.1) is 24.8 Å². The van der Waals surface area contributed by atoms with Crippen LogP contribution in [0, 0.1) is 0 Å². The molecule has 4 nitrogen and oxygen atoms in total. The van der Waals surface area contributed by atoms with Crippen molar-refractivity contribution in [3.63, 3.8) is 0 Å². The van der Waals surface area contributed by atoms with Gasteiger partial charge in [-0.2, -0.15) is 0 Å². The van der Waals surface area contributed by atoms with Crippen molar-refractivity contribution in [2.75, 3.05) is 0 Å². The molecule has 0 unspecified atom stereocenters. The van der Waals surface area contributed by atoms with Gasteiger partial charge in [-0.25, -0.2) is 0 Å². The Morgan fingerprint density at radius 2 is 1.00 bits per heavy atom. The van der Waals surface area contributed by atoms with Crippen LogP contribution in [0.1, 0.15) is 0 Å². The predicted octanol–water partition coefficient (Wildman–Crippen LogP) is -0.463. The van der Waals surface area contributed by atoms with Crippen LogP contribution in [0.3, 0.4) is 0 Å². The molecule has 1 rings (SSSR count). The van der Waals surface area contributed by atoms with Gasteiger partial charge < -0.3 is 10.2 Å². The predicted molar refractivity (Wildman–Crippen MR) is 39.2 cm³/mol. The topological polar surface area (TPSA) is 74.6 Å². The van der Waals surface area contributed by atoms with Crippen molar-refractivity contribution in [3.8, 4) is 11.5 Å². The standard InChI is InChI=1S/C4H2O4.2ClH/c5-1-2(6)4(8)3(1)7;;/h5-6H;2*1H. The Balaban J connectivity index is 0. The normalized spacial score (nSPS) is 8.00. The first-order valence-corrected chi connectivity index (χ1v) is 1.86. The number of rotatable bonds is 0. The zero-order valence-corrected chi connectivity index (χ0v) is 6.16. The summed E-state index contributed by atoms with van der Waals surface area (Å²) in [5.74, 6) is -1.65. The Bertz CT molecular complexity index is 255. The average Bonchev–Trinajstić information content (AvgIpc) is 1.83. The number of hydrogen-bond donors (Lipinski definition) is 2. The van der Waals surface area contributed by atoms with E-state index in [4.69, 9.17) is 10.2 Å². The van der Waals surface area contributed by atoms with Crippen LogP contribution >= 0.6 is 24.8 Å². The molecule has 1 aromatic carbocycles. The number of hydrogen-bond acceptors (Lipinski definition) is 4.